The normalized spacial score (nSPS) is 16.5. The van der Waals surface area contributed by atoms with Crippen molar-refractivity contribution in [1.29, 1.82) is 0 Å². The van der Waals surface area contributed by atoms with Gasteiger partial charge >= 0.3 is 0 Å². The van der Waals surface area contributed by atoms with E-state index in [0.29, 0.717) is 17.5 Å². The summed E-state index contributed by atoms with van der Waals surface area (Å²) in [6, 6.07) is 7.56. The minimum Gasteiger partial charge on any atom is -0.354 e. The van der Waals surface area contributed by atoms with Crippen LogP contribution in [-0.4, -0.2) is 45.7 Å². The predicted molar refractivity (Wildman–Crippen MR) is 125 cm³/mol. The van der Waals surface area contributed by atoms with E-state index in [-0.39, 0.29) is 17.6 Å². The van der Waals surface area contributed by atoms with E-state index in [1.165, 1.54) is 0 Å². The lowest BCUT2D eigenvalue weighted by Gasteiger charge is -2.28. The van der Waals surface area contributed by atoms with Crippen molar-refractivity contribution in [3.63, 3.8) is 0 Å². The topological polar surface area (TPSA) is 88.0 Å². The third kappa shape index (κ3) is 4.54. The summed E-state index contributed by atoms with van der Waals surface area (Å²) in [6.07, 6.45) is 3.68. The van der Waals surface area contributed by atoms with E-state index in [2.05, 4.69) is 65.3 Å². The Morgan fingerprint density at radius 2 is 1.77 bits per heavy atom. The lowest BCUT2D eigenvalue weighted by molar-refractivity contribution is 0.407. The van der Waals surface area contributed by atoms with Gasteiger partial charge in [0, 0.05) is 56.1 Å². The standard InChI is InChI=1S/C23H31N7O/c1-15(2)17(4)30-21(31)8-6-19-14-26-23(28-22(19)30)27-16(3)18-5-7-20(25-13-18)29-11-9-24-10-12-29/h5-8,13-17,24H,9-12H2,1-4H3,(H,26,27,28). The number of nitrogens with one attached hydrogen (secondary N) is 2. The van der Waals surface area contributed by atoms with E-state index in [1.54, 1.807) is 22.9 Å². The third-order valence-electron chi connectivity index (χ3n) is 6.10. The van der Waals surface area contributed by atoms with Crippen LogP contribution in [0, 0.1) is 5.92 Å². The Hall–Kier alpha value is -3.00. The first-order valence-corrected chi connectivity index (χ1v) is 11.0. The van der Waals surface area contributed by atoms with Gasteiger partial charge in [0.25, 0.3) is 5.56 Å². The number of piperazine rings is 1. The first-order valence-electron chi connectivity index (χ1n) is 11.0. The second-order valence-corrected chi connectivity index (χ2v) is 8.55. The van der Waals surface area contributed by atoms with Crippen LogP contribution >= 0.6 is 0 Å². The summed E-state index contributed by atoms with van der Waals surface area (Å²) >= 11 is 0. The molecule has 1 aliphatic rings. The van der Waals surface area contributed by atoms with Gasteiger partial charge in [0.2, 0.25) is 5.95 Å². The second kappa shape index (κ2) is 9.01. The Morgan fingerprint density at radius 3 is 2.45 bits per heavy atom. The molecular formula is C23H31N7O. The zero-order valence-corrected chi connectivity index (χ0v) is 18.7. The van der Waals surface area contributed by atoms with Gasteiger partial charge in [-0.3, -0.25) is 9.36 Å². The van der Waals surface area contributed by atoms with Crippen LogP contribution in [0.15, 0.2) is 41.5 Å². The monoisotopic (exact) mass is 421 g/mol. The van der Waals surface area contributed by atoms with Crippen molar-refractivity contribution in [2.24, 2.45) is 5.92 Å². The van der Waals surface area contributed by atoms with E-state index in [1.807, 2.05) is 6.20 Å². The molecule has 4 heterocycles. The molecule has 2 N–H and O–H groups in total. The largest absolute Gasteiger partial charge is 0.354 e. The highest BCUT2D eigenvalue weighted by atomic mass is 16.1. The van der Waals surface area contributed by atoms with E-state index < -0.39 is 0 Å². The van der Waals surface area contributed by atoms with Crippen molar-refractivity contribution in [2.45, 2.75) is 39.8 Å². The molecule has 164 valence electrons. The third-order valence-corrected chi connectivity index (χ3v) is 6.10. The number of aromatic nitrogens is 4. The molecule has 0 amide bonds. The van der Waals surface area contributed by atoms with Crippen LogP contribution in [-0.2, 0) is 0 Å². The lowest BCUT2D eigenvalue weighted by atomic mass is 10.1. The summed E-state index contributed by atoms with van der Waals surface area (Å²) in [7, 11) is 0. The first kappa shape index (κ1) is 21.2. The fourth-order valence-electron chi connectivity index (χ4n) is 3.81. The van der Waals surface area contributed by atoms with Gasteiger partial charge in [-0.1, -0.05) is 19.9 Å². The Morgan fingerprint density at radius 1 is 1.00 bits per heavy atom. The molecule has 0 saturated carbocycles. The Balaban J connectivity index is 1.56. The maximum Gasteiger partial charge on any atom is 0.252 e. The quantitative estimate of drug-likeness (QED) is 0.633. The molecule has 4 rings (SSSR count). The van der Waals surface area contributed by atoms with Gasteiger partial charge in [-0.2, -0.15) is 4.98 Å². The molecule has 1 aliphatic heterocycles. The fraction of sp³-hybridized carbons (Fsp3) is 0.478. The molecule has 8 heteroatoms. The molecular weight excluding hydrogens is 390 g/mol. The minimum atomic E-state index is -0.0425. The molecule has 8 nitrogen and oxygen atoms in total. The van der Waals surface area contributed by atoms with Gasteiger partial charge in [-0.25, -0.2) is 9.97 Å². The molecule has 0 aromatic carbocycles. The molecule has 0 spiro atoms. The molecule has 0 aliphatic carbocycles. The van der Waals surface area contributed by atoms with Crippen LogP contribution in [0.4, 0.5) is 11.8 Å². The van der Waals surface area contributed by atoms with Crippen LogP contribution in [0.3, 0.4) is 0 Å². The number of anilines is 2. The summed E-state index contributed by atoms with van der Waals surface area (Å²) in [6.45, 7) is 12.2. The van der Waals surface area contributed by atoms with E-state index in [0.717, 1.165) is 42.9 Å². The summed E-state index contributed by atoms with van der Waals surface area (Å²) < 4.78 is 1.77. The van der Waals surface area contributed by atoms with E-state index in [9.17, 15) is 4.79 Å². The molecule has 31 heavy (non-hydrogen) atoms. The van der Waals surface area contributed by atoms with E-state index in [4.69, 9.17) is 4.98 Å². The van der Waals surface area contributed by atoms with Crippen LogP contribution in [0.5, 0.6) is 0 Å². The number of hydrogen-bond acceptors (Lipinski definition) is 7. The summed E-state index contributed by atoms with van der Waals surface area (Å²) in [4.78, 5) is 28.7. The van der Waals surface area contributed by atoms with Gasteiger partial charge in [0.15, 0.2) is 0 Å². The number of rotatable bonds is 6. The van der Waals surface area contributed by atoms with Crippen molar-refractivity contribution < 1.29 is 0 Å². The van der Waals surface area contributed by atoms with Gasteiger partial charge in [-0.05, 0) is 37.5 Å². The van der Waals surface area contributed by atoms with Crippen molar-refractivity contribution >= 4 is 22.8 Å². The van der Waals surface area contributed by atoms with Crippen LogP contribution < -0.4 is 21.1 Å². The molecule has 3 aromatic heterocycles. The number of hydrogen-bond donors (Lipinski definition) is 2. The minimum absolute atomic E-state index is 0.0200. The Bertz CT molecular complexity index is 1090. The van der Waals surface area contributed by atoms with Gasteiger partial charge in [-0.15, -0.1) is 0 Å². The van der Waals surface area contributed by atoms with Crippen molar-refractivity contribution in [3.8, 4) is 0 Å². The number of nitrogens with zero attached hydrogens (tertiary/aromatic N) is 5. The molecule has 1 saturated heterocycles. The maximum absolute atomic E-state index is 12.6. The molecule has 1 fully saturated rings. The van der Waals surface area contributed by atoms with Crippen LogP contribution in [0.1, 0.15) is 45.3 Å². The van der Waals surface area contributed by atoms with Gasteiger partial charge in [0.05, 0.1) is 6.04 Å². The van der Waals surface area contributed by atoms with Crippen molar-refractivity contribution in [2.75, 3.05) is 36.4 Å². The molecule has 0 radical (unpaired) electrons. The summed E-state index contributed by atoms with van der Waals surface area (Å²) in [5.41, 5.74) is 1.67. The second-order valence-electron chi connectivity index (χ2n) is 8.55. The highest BCUT2D eigenvalue weighted by molar-refractivity contribution is 5.75. The van der Waals surface area contributed by atoms with Crippen LogP contribution in [0.25, 0.3) is 11.0 Å². The number of fused-ring (bicyclic) bond motifs is 1. The fourth-order valence-corrected chi connectivity index (χ4v) is 3.81. The maximum atomic E-state index is 12.6. The predicted octanol–water partition coefficient (Wildman–Crippen LogP) is 2.99. The highest BCUT2D eigenvalue weighted by Crippen LogP contribution is 2.23. The first-order chi connectivity index (χ1) is 14.9. The lowest BCUT2D eigenvalue weighted by Crippen LogP contribution is -2.43. The Kier molecular flexibility index (Phi) is 6.18. The Labute approximate surface area is 182 Å². The van der Waals surface area contributed by atoms with Gasteiger partial charge in [0.1, 0.15) is 11.5 Å². The average Bonchev–Trinajstić information content (AvgIpc) is 2.79. The summed E-state index contributed by atoms with van der Waals surface area (Å²) in [5.74, 6) is 1.82. The van der Waals surface area contributed by atoms with E-state index >= 15 is 0 Å². The zero-order valence-electron chi connectivity index (χ0n) is 18.7. The van der Waals surface area contributed by atoms with Crippen LogP contribution in [0.2, 0.25) is 0 Å². The van der Waals surface area contributed by atoms with Gasteiger partial charge < -0.3 is 15.5 Å². The average molecular weight is 422 g/mol. The SMILES string of the molecule is CC(Nc1ncc2ccc(=O)n(C(C)C(C)C)c2n1)c1ccc(N2CCNCC2)nc1. The molecule has 2 atom stereocenters. The smallest absolute Gasteiger partial charge is 0.252 e. The summed E-state index contributed by atoms with van der Waals surface area (Å²) in [5, 5.41) is 7.58. The molecule has 3 aromatic rings. The highest BCUT2D eigenvalue weighted by Gasteiger charge is 2.17. The zero-order chi connectivity index (χ0) is 22.0. The van der Waals surface area contributed by atoms with Crippen molar-refractivity contribution in [3.05, 3.63) is 52.6 Å². The molecule has 2 unspecified atom stereocenters. The number of pyridine rings is 2. The van der Waals surface area contributed by atoms with Crippen molar-refractivity contribution in [1.82, 2.24) is 24.8 Å². The molecule has 0 bridgehead atoms.